The Hall–Kier alpha value is -2.80. The molecule has 7 heteroatoms. The van der Waals surface area contributed by atoms with Crippen molar-refractivity contribution in [3.63, 3.8) is 0 Å². The molecule has 1 fully saturated rings. The summed E-state index contributed by atoms with van der Waals surface area (Å²) in [6.07, 6.45) is 0. The molecule has 0 spiro atoms. The third kappa shape index (κ3) is 4.05. The third-order valence-corrected chi connectivity index (χ3v) is 4.23. The number of amides is 1. The molecular formula is C19H20F2N4O. The molecule has 26 heavy (non-hydrogen) atoms. The molecule has 136 valence electrons. The maximum absolute atomic E-state index is 13.8. The average Bonchev–Trinajstić information content (AvgIpc) is 2.62. The van der Waals surface area contributed by atoms with Gasteiger partial charge in [-0.25, -0.2) is 13.8 Å². The van der Waals surface area contributed by atoms with Crippen molar-refractivity contribution in [2.24, 2.45) is 4.99 Å². The molecule has 0 radical (unpaired) electrons. The monoisotopic (exact) mass is 358 g/mol. The summed E-state index contributed by atoms with van der Waals surface area (Å²) in [5, 5.41) is 2.68. The van der Waals surface area contributed by atoms with Crippen LogP contribution in [0.1, 0.15) is 10.4 Å². The highest BCUT2D eigenvalue weighted by molar-refractivity contribution is 6.08. The van der Waals surface area contributed by atoms with Crippen molar-refractivity contribution >= 4 is 23.1 Å². The molecule has 3 rings (SSSR count). The van der Waals surface area contributed by atoms with Crippen molar-refractivity contribution in [1.82, 2.24) is 9.80 Å². The van der Waals surface area contributed by atoms with Gasteiger partial charge in [-0.2, -0.15) is 0 Å². The van der Waals surface area contributed by atoms with Gasteiger partial charge in [-0.15, -0.1) is 0 Å². The molecule has 1 aliphatic rings. The molecule has 0 unspecified atom stereocenters. The molecule has 1 N–H and O–H groups in total. The van der Waals surface area contributed by atoms with Gasteiger partial charge in [0.15, 0.2) is 11.6 Å². The van der Waals surface area contributed by atoms with Gasteiger partial charge in [-0.3, -0.25) is 9.69 Å². The van der Waals surface area contributed by atoms with Crippen LogP contribution in [0.25, 0.3) is 0 Å². The maximum atomic E-state index is 13.8. The highest BCUT2D eigenvalue weighted by Gasteiger charge is 2.20. The molecular weight excluding hydrogens is 338 g/mol. The van der Waals surface area contributed by atoms with Crippen LogP contribution in [-0.2, 0) is 0 Å². The van der Waals surface area contributed by atoms with Gasteiger partial charge in [0.1, 0.15) is 5.84 Å². The fourth-order valence-electron chi connectivity index (χ4n) is 2.68. The Labute approximate surface area is 150 Å². The molecule has 1 saturated heterocycles. The Bertz CT molecular complexity index is 839. The second-order valence-corrected chi connectivity index (χ2v) is 6.29. The van der Waals surface area contributed by atoms with E-state index in [0.717, 1.165) is 25.2 Å². The lowest BCUT2D eigenvalue weighted by molar-refractivity contribution is 0.102. The predicted octanol–water partition coefficient (Wildman–Crippen LogP) is 3.12. The number of amidine groups is 1. The fourth-order valence-corrected chi connectivity index (χ4v) is 2.68. The number of carbonyl (C=O) groups excluding carboxylic acids is 1. The molecule has 0 saturated carbocycles. The van der Waals surface area contributed by atoms with Gasteiger partial charge < -0.3 is 10.2 Å². The van der Waals surface area contributed by atoms with Crippen LogP contribution in [0.4, 0.5) is 20.2 Å². The fraction of sp³-hybridized carbons (Fsp3) is 0.263. The lowest BCUT2D eigenvalue weighted by Gasteiger charge is -2.32. The zero-order valence-electron chi connectivity index (χ0n) is 14.7. The number of benzene rings is 2. The number of carbonyl (C=O) groups is 1. The summed E-state index contributed by atoms with van der Waals surface area (Å²) in [6.45, 7) is 2.22. The molecule has 0 atom stereocenters. The van der Waals surface area contributed by atoms with Gasteiger partial charge in [-0.05, 0) is 25.2 Å². The van der Waals surface area contributed by atoms with Gasteiger partial charge in [0, 0.05) is 31.9 Å². The topological polar surface area (TPSA) is 47.9 Å². The van der Waals surface area contributed by atoms with E-state index in [9.17, 15) is 13.6 Å². The van der Waals surface area contributed by atoms with E-state index in [-0.39, 0.29) is 11.3 Å². The molecule has 5 nitrogen and oxygen atoms in total. The zero-order chi connectivity index (χ0) is 18.7. The second-order valence-electron chi connectivity index (χ2n) is 6.29. The maximum Gasteiger partial charge on any atom is 0.257 e. The Kier molecular flexibility index (Phi) is 5.27. The van der Waals surface area contributed by atoms with Crippen LogP contribution in [0.2, 0.25) is 0 Å². The number of piperazine rings is 1. The van der Waals surface area contributed by atoms with E-state index in [1.165, 1.54) is 0 Å². The highest BCUT2D eigenvalue weighted by atomic mass is 19.2. The Balaban J connectivity index is 1.97. The van der Waals surface area contributed by atoms with Crippen LogP contribution in [0.15, 0.2) is 47.5 Å². The number of hydrogen-bond donors (Lipinski definition) is 1. The molecule has 0 aliphatic carbocycles. The first kappa shape index (κ1) is 18.0. The van der Waals surface area contributed by atoms with Gasteiger partial charge in [0.25, 0.3) is 5.91 Å². The third-order valence-electron chi connectivity index (χ3n) is 4.23. The smallest absolute Gasteiger partial charge is 0.257 e. The minimum absolute atomic E-state index is 0.0121. The first-order valence-corrected chi connectivity index (χ1v) is 8.26. The second kappa shape index (κ2) is 7.61. The van der Waals surface area contributed by atoms with Crippen LogP contribution in [0, 0.1) is 11.6 Å². The lowest BCUT2D eigenvalue weighted by atomic mass is 10.1. The summed E-state index contributed by atoms with van der Waals surface area (Å²) in [7, 11) is 3.84. The number of rotatable bonds is 3. The largest absolute Gasteiger partial charge is 0.361 e. The van der Waals surface area contributed by atoms with Crippen molar-refractivity contribution in [3.8, 4) is 0 Å². The summed E-state index contributed by atoms with van der Waals surface area (Å²) >= 11 is 0. The van der Waals surface area contributed by atoms with Crippen LogP contribution in [0.3, 0.4) is 0 Å². The molecule has 1 amide bonds. The molecule has 2 aromatic rings. The SMILES string of the molecule is CN1CCN(C)/C(=N/c2cc(F)c(F)cc2C(=O)Nc2ccccc2)C1. The van der Waals surface area contributed by atoms with Crippen molar-refractivity contribution in [1.29, 1.82) is 0 Å². The van der Waals surface area contributed by atoms with E-state index in [2.05, 4.69) is 15.2 Å². The average molecular weight is 358 g/mol. The molecule has 1 aliphatic heterocycles. The number of halogens is 2. The van der Waals surface area contributed by atoms with E-state index in [1.807, 2.05) is 25.1 Å². The van der Waals surface area contributed by atoms with Crippen LogP contribution in [0.5, 0.6) is 0 Å². The number of likely N-dealkylation sites (N-methyl/N-ethyl adjacent to an activating group) is 2. The number of aliphatic imine (C=N–C) groups is 1. The molecule has 1 heterocycles. The van der Waals surface area contributed by atoms with Gasteiger partial charge in [0.05, 0.1) is 17.8 Å². The Morgan fingerprint density at radius 1 is 1.08 bits per heavy atom. The predicted molar refractivity (Wildman–Crippen MR) is 98.0 cm³/mol. The van der Waals surface area contributed by atoms with E-state index < -0.39 is 17.5 Å². The first-order valence-electron chi connectivity index (χ1n) is 8.26. The normalized spacial score (nSPS) is 16.8. The van der Waals surface area contributed by atoms with Crippen molar-refractivity contribution in [2.75, 3.05) is 39.0 Å². The molecule has 0 aromatic heterocycles. The summed E-state index contributed by atoms with van der Waals surface area (Å²) in [5.74, 6) is -1.96. The summed E-state index contributed by atoms with van der Waals surface area (Å²) < 4.78 is 27.5. The van der Waals surface area contributed by atoms with Crippen molar-refractivity contribution in [3.05, 3.63) is 59.7 Å². The van der Waals surface area contributed by atoms with E-state index >= 15 is 0 Å². The minimum atomic E-state index is -1.08. The van der Waals surface area contributed by atoms with Crippen molar-refractivity contribution < 1.29 is 13.6 Å². The van der Waals surface area contributed by atoms with Crippen LogP contribution < -0.4 is 5.32 Å². The number of hydrogen-bond acceptors (Lipinski definition) is 3. The quantitative estimate of drug-likeness (QED) is 0.917. The zero-order valence-corrected chi connectivity index (χ0v) is 14.7. The van der Waals surface area contributed by atoms with Crippen LogP contribution in [-0.4, -0.2) is 55.3 Å². The van der Waals surface area contributed by atoms with E-state index in [1.54, 1.807) is 24.3 Å². The Morgan fingerprint density at radius 3 is 2.50 bits per heavy atom. The van der Waals surface area contributed by atoms with Crippen LogP contribution >= 0.6 is 0 Å². The van der Waals surface area contributed by atoms with Crippen molar-refractivity contribution in [2.45, 2.75) is 0 Å². The van der Waals surface area contributed by atoms with E-state index in [4.69, 9.17) is 0 Å². The summed E-state index contributed by atoms with van der Waals surface area (Å²) in [5.41, 5.74) is 0.659. The highest BCUT2D eigenvalue weighted by Crippen LogP contribution is 2.25. The molecule has 0 bridgehead atoms. The number of nitrogens with one attached hydrogen (secondary N) is 1. The summed E-state index contributed by atoms with van der Waals surface area (Å²) in [6, 6.07) is 10.6. The lowest BCUT2D eigenvalue weighted by Crippen LogP contribution is -2.46. The van der Waals surface area contributed by atoms with Gasteiger partial charge >= 0.3 is 0 Å². The Morgan fingerprint density at radius 2 is 1.77 bits per heavy atom. The number of nitrogens with zero attached hydrogens (tertiary/aromatic N) is 3. The minimum Gasteiger partial charge on any atom is -0.361 e. The van der Waals surface area contributed by atoms with Gasteiger partial charge in [0.2, 0.25) is 0 Å². The number of anilines is 1. The standard InChI is InChI=1S/C19H20F2N4O/c1-24-8-9-25(2)18(12-24)23-17-11-16(21)15(20)10-14(17)19(26)22-13-6-4-3-5-7-13/h3-7,10-11H,8-9,12H2,1-2H3,(H,22,26)/b23-18+. The number of para-hydroxylation sites is 1. The van der Waals surface area contributed by atoms with Gasteiger partial charge in [-0.1, -0.05) is 18.2 Å². The first-order chi connectivity index (χ1) is 12.4. The molecule has 2 aromatic carbocycles. The summed E-state index contributed by atoms with van der Waals surface area (Å²) in [4.78, 5) is 21.1. The van der Waals surface area contributed by atoms with E-state index in [0.29, 0.717) is 18.1 Å².